The number of fused-ring (bicyclic) bond motifs is 2. The molecule has 0 atom stereocenters. The van der Waals surface area contributed by atoms with Crippen molar-refractivity contribution in [3.8, 4) is 45.8 Å². The highest BCUT2D eigenvalue weighted by atomic mass is 19.4. The van der Waals surface area contributed by atoms with Crippen molar-refractivity contribution in [2.24, 2.45) is 5.92 Å². The molecule has 4 aromatic carbocycles. The molecule has 0 bridgehead atoms. The maximum Gasteiger partial charge on any atom is 0.390 e. The number of carboxylic acids is 1. The van der Waals surface area contributed by atoms with Crippen molar-refractivity contribution in [2.75, 3.05) is 23.7 Å². The summed E-state index contributed by atoms with van der Waals surface area (Å²) in [7, 11) is 0. The van der Waals surface area contributed by atoms with Crippen LogP contribution in [0.15, 0.2) is 109 Å². The second-order valence-electron chi connectivity index (χ2n) is 17.0. The number of hydrogen-bond acceptors (Lipinski definition) is 10. The Balaban J connectivity index is 0.000000213. The number of aromatic carboxylic acids is 1. The number of carbonyl (C=O) groups excluding carboxylic acids is 1. The van der Waals surface area contributed by atoms with E-state index in [1.165, 1.54) is 69.8 Å². The van der Waals surface area contributed by atoms with Crippen LogP contribution in [-0.2, 0) is 0 Å². The molecule has 4 heterocycles. The largest absolute Gasteiger partial charge is 0.478 e. The zero-order valence-corrected chi connectivity index (χ0v) is 39.0. The van der Waals surface area contributed by atoms with Gasteiger partial charge < -0.3 is 25.2 Å². The van der Waals surface area contributed by atoms with E-state index in [0.717, 1.165) is 18.1 Å². The van der Waals surface area contributed by atoms with E-state index in [9.17, 15) is 49.8 Å². The molecule has 0 fully saturated rings. The minimum Gasteiger partial charge on any atom is -0.478 e. The molecule has 72 heavy (non-hydrogen) atoms. The van der Waals surface area contributed by atoms with E-state index in [0.29, 0.717) is 51.6 Å². The maximum atomic E-state index is 13.7. The van der Waals surface area contributed by atoms with Crippen LogP contribution >= 0.6 is 0 Å². The van der Waals surface area contributed by atoms with Gasteiger partial charge in [-0.2, -0.15) is 26.3 Å². The van der Waals surface area contributed by atoms with Gasteiger partial charge in [-0.15, -0.1) is 10.2 Å². The van der Waals surface area contributed by atoms with Crippen molar-refractivity contribution in [2.45, 2.75) is 65.7 Å². The standard InChI is InChI=1S/C28H28F4N4O2.C23H18F4N4O3/c1-17(2)7-10-25(37)22-9-8-19(13-18(22)3)24-16-34-27-23(33-12-11-28(30,31)32)15-26(35-36(24)27)38-21-6-4-5-20(29)14-21;1-13-9-14(5-6-17(13)22(32)33)19-12-29-21-18(28-8-7-23(25,26)27)11-20(30-31(19)21)34-16-4-2-3-15(24)10-16/h4-6,8-9,13-17,33H,7,10-12H2,1-3H3;2-6,9-12,28H,7-8H2,1H3,(H,32,33). The number of carboxylic acid groups (broad SMARTS) is 1. The summed E-state index contributed by atoms with van der Waals surface area (Å²) in [5, 5.41) is 23.6. The number of carbonyl (C=O) groups is 2. The van der Waals surface area contributed by atoms with Crippen LogP contribution in [0, 0.1) is 31.4 Å². The van der Waals surface area contributed by atoms with Gasteiger partial charge in [0.05, 0.1) is 53.6 Å². The van der Waals surface area contributed by atoms with Crippen molar-refractivity contribution in [3.63, 3.8) is 0 Å². The minimum absolute atomic E-state index is 0.00858. The summed E-state index contributed by atoms with van der Waals surface area (Å²) in [5.74, 6) is -1.25. The molecule has 8 aromatic rings. The summed E-state index contributed by atoms with van der Waals surface area (Å²) in [6.07, 6.45) is -6.49. The quantitative estimate of drug-likeness (QED) is 0.0589. The molecule has 0 radical (unpaired) electrons. The van der Waals surface area contributed by atoms with Gasteiger partial charge in [-0.25, -0.2) is 32.6 Å². The van der Waals surface area contributed by atoms with Gasteiger partial charge in [-0.05, 0) is 79.8 Å². The van der Waals surface area contributed by atoms with Crippen LogP contribution in [0.5, 0.6) is 23.3 Å². The Bertz CT molecular complexity index is 3240. The fraction of sp³-hybridized carbons (Fsp3) is 0.255. The topological polar surface area (TPSA) is 157 Å². The number of aromatic nitrogens is 6. The van der Waals surface area contributed by atoms with Crippen LogP contribution in [0.3, 0.4) is 0 Å². The average Bonchev–Trinajstić information content (AvgIpc) is 3.93. The van der Waals surface area contributed by atoms with E-state index in [1.807, 2.05) is 13.0 Å². The number of aryl methyl sites for hydroxylation is 2. The first kappa shape index (κ1) is 51.7. The summed E-state index contributed by atoms with van der Waals surface area (Å²) < 4.78 is 118. The Labute approximate surface area is 406 Å². The van der Waals surface area contributed by atoms with Gasteiger partial charge in [0.15, 0.2) is 17.1 Å². The highest BCUT2D eigenvalue weighted by Crippen LogP contribution is 2.33. The molecule has 0 aliphatic rings. The Hall–Kier alpha value is -8.10. The molecule has 8 rings (SSSR count). The fourth-order valence-electron chi connectivity index (χ4n) is 7.38. The number of nitrogens with one attached hydrogen (secondary N) is 2. The second-order valence-corrected chi connectivity index (χ2v) is 17.0. The Morgan fingerprint density at radius 2 is 1.08 bits per heavy atom. The molecule has 13 nitrogen and oxygen atoms in total. The average molecular weight is 1000 g/mol. The molecule has 3 N–H and O–H groups in total. The zero-order valence-electron chi connectivity index (χ0n) is 39.0. The van der Waals surface area contributed by atoms with E-state index < -0.39 is 49.3 Å². The molecule has 0 aliphatic carbocycles. The number of alkyl halides is 6. The number of anilines is 2. The molecule has 0 saturated heterocycles. The predicted octanol–water partition coefficient (Wildman–Crippen LogP) is 13.3. The van der Waals surface area contributed by atoms with Crippen molar-refractivity contribution in [1.29, 1.82) is 0 Å². The maximum absolute atomic E-state index is 13.7. The number of ketones is 1. The third-order valence-corrected chi connectivity index (χ3v) is 10.9. The lowest BCUT2D eigenvalue weighted by atomic mass is 9.96. The van der Waals surface area contributed by atoms with E-state index in [-0.39, 0.29) is 58.2 Å². The van der Waals surface area contributed by atoms with Crippen molar-refractivity contribution < 1.29 is 59.3 Å². The second kappa shape index (κ2) is 21.9. The molecule has 0 amide bonds. The van der Waals surface area contributed by atoms with Crippen LogP contribution < -0.4 is 20.1 Å². The Kier molecular flexibility index (Phi) is 15.7. The van der Waals surface area contributed by atoms with Crippen LogP contribution in [0.25, 0.3) is 33.8 Å². The number of Topliss-reactive ketones (excluding diaryl/α,β-unsaturated/α-hetero) is 1. The van der Waals surface area contributed by atoms with E-state index in [1.54, 1.807) is 43.5 Å². The van der Waals surface area contributed by atoms with Crippen molar-refractivity contribution >= 4 is 34.4 Å². The third kappa shape index (κ3) is 13.4. The third-order valence-electron chi connectivity index (χ3n) is 10.9. The molecule has 0 unspecified atom stereocenters. The molecule has 21 heteroatoms. The lowest BCUT2D eigenvalue weighted by Crippen LogP contribution is -2.15. The molecule has 0 saturated carbocycles. The van der Waals surface area contributed by atoms with E-state index >= 15 is 0 Å². The predicted molar refractivity (Wildman–Crippen MR) is 253 cm³/mol. The van der Waals surface area contributed by atoms with Gasteiger partial charge in [-0.3, -0.25) is 4.79 Å². The zero-order chi connectivity index (χ0) is 51.9. The molecule has 376 valence electrons. The van der Waals surface area contributed by atoms with Crippen LogP contribution in [0.2, 0.25) is 0 Å². The van der Waals surface area contributed by atoms with Gasteiger partial charge in [-0.1, -0.05) is 44.2 Å². The number of imidazole rings is 2. The van der Waals surface area contributed by atoms with Gasteiger partial charge >= 0.3 is 18.3 Å². The molecule has 4 aromatic heterocycles. The van der Waals surface area contributed by atoms with Gasteiger partial charge in [0.2, 0.25) is 11.8 Å². The van der Waals surface area contributed by atoms with E-state index in [2.05, 4.69) is 44.6 Å². The van der Waals surface area contributed by atoms with Crippen molar-refractivity contribution in [1.82, 2.24) is 29.2 Å². The highest BCUT2D eigenvalue weighted by Gasteiger charge is 2.28. The SMILES string of the molecule is Cc1cc(-c2cnc3c(NCCC(F)(F)F)cc(Oc4cccc(F)c4)nn23)ccc1C(=O)CCC(C)C.Cc1cc(-c2cnc3c(NCCC(F)(F)F)cc(Oc4cccc(F)c4)nn23)ccc1C(=O)O. The normalized spacial score (nSPS) is 11.7. The number of nitrogens with zero attached hydrogens (tertiary/aromatic N) is 6. The van der Waals surface area contributed by atoms with Crippen LogP contribution in [-0.4, -0.2) is 71.5 Å². The fourth-order valence-corrected chi connectivity index (χ4v) is 7.38. The highest BCUT2D eigenvalue weighted by molar-refractivity contribution is 5.98. The summed E-state index contributed by atoms with van der Waals surface area (Å²) in [6, 6.07) is 23.7. The first-order valence-electron chi connectivity index (χ1n) is 22.3. The lowest BCUT2D eigenvalue weighted by molar-refractivity contribution is -0.132. The first-order chi connectivity index (χ1) is 34.1. The summed E-state index contributed by atoms with van der Waals surface area (Å²) in [4.78, 5) is 32.7. The number of halogens is 8. The number of ether oxygens (including phenoxy) is 2. The smallest absolute Gasteiger partial charge is 0.390 e. The van der Waals surface area contributed by atoms with Crippen LogP contribution in [0.1, 0.15) is 71.4 Å². The minimum atomic E-state index is -4.35. The number of benzene rings is 4. The monoisotopic (exact) mass is 1000 g/mol. The molecular weight excluding hydrogens is 957 g/mol. The summed E-state index contributed by atoms with van der Waals surface area (Å²) in [6.45, 7) is 6.85. The van der Waals surface area contributed by atoms with E-state index in [4.69, 9.17) is 9.47 Å². The van der Waals surface area contributed by atoms with Gasteiger partial charge in [0.25, 0.3) is 0 Å². The Morgan fingerprint density at radius 1 is 0.639 bits per heavy atom. The molecule has 0 aliphatic heterocycles. The van der Waals surface area contributed by atoms with Gasteiger partial charge in [0.1, 0.15) is 23.1 Å². The van der Waals surface area contributed by atoms with Crippen LogP contribution in [0.4, 0.5) is 46.5 Å². The molecular formula is C51H46F8N8O5. The first-order valence-corrected chi connectivity index (χ1v) is 22.3. The lowest BCUT2D eigenvalue weighted by Gasteiger charge is -2.13. The number of rotatable bonds is 17. The molecule has 0 spiro atoms. The summed E-state index contributed by atoms with van der Waals surface area (Å²) in [5.41, 5.74) is 5.43. The van der Waals surface area contributed by atoms with Gasteiger partial charge in [0, 0.05) is 60.5 Å². The summed E-state index contributed by atoms with van der Waals surface area (Å²) >= 11 is 0. The Morgan fingerprint density at radius 3 is 1.47 bits per heavy atom. The number of hydrogen-bond donors (Lipinski definition) is 3. The van der Waals surface area contributed by atoms with Crippen molar-refractivity contribution in [3.05, 3.63) is 143 Å².